The number of aliphatic hydroxyl groups excluding tert-OH is 1. The zero-order valence-corrected chi connectivity index (χ0v) is 13.0. The number of carbonyl (C=O) groups excluding carboxylic acids is 1. The van der Waals surface area contributed by atoms with Crippen LogP contribution in [0.5, 0.6) is 0 Å². The number of aliphatic hydroxyl groups is 1. The van der Waals surface area contributed by atoms with Crippen LogP contribution in [-0.4, -0.2) is 21.0 Å². The predicted octanol–water partition coefficient (Wildman–Crippen LogP) is 3.93. The van der Waals surface area contributed by atoms with Crippen LogP contribution >= 0.6 is 34.8 Å². The molecule has 0 aromatic rings. The topological polar surface area (TPSA) is 49.3 Å². The minimum atomic E-state index is -1.88. The largest absolute Gasteiger partial charge is 0.369 e. The number of nitrogens with one attached hydrogen (secondary N) is 1. The van der Waals surface area contributed by atoms with E-state index >= 15 is 0 Å². The molecular formula is C12H22Cl3NO2. The van der Waals surface area contributed by atoms with Gasteiger partial charge in [-0.15, -0.1) is 0 Å². The maximum atomic E-state index is 11.4. The summed E-state index contributed by atoms with van der Waals surface area (Å²) in [4.78, 5) is 11.4. The summed E-state index contributed by atoms with van der Waals surface area (Å²) in [6.45, 7) is 2.18. The summed E-state index contributed by atoms with van der Waals surface area (Å²) in [5.74, 6) is -0.289. The SMILES string of the molecule is CCCCCCCCCC(=O)NC(O)C(Cl)(Cl)Cl. The summed E-state index contributed by atoms with van der Waals surface area (Å²) < 4.78 is -1.88. The third-order valence-electron chi connectivity index (χ3n) is 2.62. The van der Waals surface area contributed by atoms with Gasteiger partial charge in [0.2, 0.25) is 9.70 Å². The molecule has 0 aliphatic carbocycles. The highest BCUT2D eigenvalue weighted by Gasteiger charge is 2.31. The van der Waals surface area contributed by atoms with Crippen molar-refractivity contribution in [3.63, 3.8) is 0 Å². The number of carbonyl (C=O) groups is 1. The Hall–Kier alpha value is 0.300. The molecule has 18 heavy (non-hydrogen) atoms. The monoisotopic (exact) mass is 317 g/mol. The molecule has 0 saturated carbocycles. The number of amides is 1. The molecule has 1 amide bonds. The summed E-state index contributed by atoms with van der Waals surface area (Å²) in [5, 5.41) is 11.6. The van der Waals surface area contributed by atoms with Crippen LogP contribution in [0.4, 0.5) is 0 Å². The van der Waals surface area contributed by atoms with E-state index in [1.807, 2.05) is 0 Å². The Kier molecular flexibility index (Phi) is 10.3. The van der Waals surface area contributed by atoms with E-state index in [9.17, 15) is 9.90 Å². The molecule has 108 valence electrons. The Morgan fingerprint density at radius 3 is 2.11 bits per heavy atom. The molecule has 0 aliphatic rings. The van der Waals surface area contributed by atoms with Crippen LogP contribution in [0, 0.1) is 0 Å². The van der Waals surface area contributed by atoms with Crippen molar-refractivity contribution in [2.75, 3.05) is 0 Å². The molecule has 0 fully saturated rings. The number of hydrogen-bond donors (Lipinski definition) is 2. The maximum absolute atomic E-state index is 11.4. The number of halogens is 3. The molecule has 2 N–H and O–H groups in total. The van der Waals surface area contributed by atoms with Crippen LogP contribution in [0.2, 0.25) is 0 Å². The summed E-state index contributed by atoms with van der Waals surface area (Å²) >= 11 is 16.3. The smallest absolute Gasteiger partial charge is 0.234 e. The molecule has 0 aromatic heterocycles. The van der Waals surface area contributed by atoms with Gasteiger partial charge in [0.15, 0.2) is 6.23 Å². The normalized spacial score (nSPS) is 13.4. The van der Waals surface area contributed by atoms with E-state index < -0.39 is 10.0 Å². The van der Waals surface area contributed by atoms with E-state index in [1.54, 1.807) is 0 Å². The van der Waals surface area contributed by atoms with Gasteiger partial charge >= 0.3 is 0 Å². The molecule has 0 saturated heterocycles. The fraction of sp³-hybridized carbons (Fsp3) is 0.917. The Bertz CT molecular complexity index is 232. The second-order valence-corrected chi connectivity index (χ2v) is 6.75. The highest BCUT2D eigenvalue weighted by Crippen LogP contribution is 2.28. The summed E-state index contributed by atoms with van der Waals surface area (Å²) in [5.41, 5.74) is 0. The Balaban J connectivity index is 3.48. The van der Waals surface area contributed by atoms with E-state index in [-0.39, 0.29) is 5.91 Å². The van der Waals surface area contributed by atoms with Crippen molar-refractivity contribution in [1.82, 2.24) is 5.32 Å². The van der Waals surface area contributed by atoms with Crippen molar-refractivity contribution >= 4 is 40.7 Å². The predicted molar refractivity (Wildman–Crippen MR) is 77.0 cm³/mol. The molecule has 1 atom stereocenters. The van der Waals surface area contributed by atoms with Gasteiger partial charge in [0.1, 0.15) is 0 Å². The molecule has 0 spiro atoms. The lowest BCUT2D eigenvalue weighted by atomic mass is 10.1. The van der Waals surface area contributed by atoms with Crippen molar-refractivity contribution < 1.29 is 9.90 Å². The standard InChI is InChI=1S/C12H22Cl3NO2/c1-2-3-4-5-6-7-8-9-10(17)16-11(18)12(13,14)15/h11,18H,2-9H2,1H3,(H,16,17). The molecule has 0 aliphatic heterocycles. The fourth-order valence-corrected chi connectivity index (χ4v) is 1.71. The van der Waals surface area contributed by atoms with Crippen LogP contribution in [0.1, 0.15) is 58.3 Å². The molecule has 0 rings (SSSR count). The average molecular weight is 319 g/mol. The molecule has 3 nitrogen and oxygen atoms in total. The minimum Gasteiger partial charge on any atom is -0.369 e. The van der Waals surface area contributed by atoms with E-state index in [0.717, 1.165) is 19.3 Å². The highest BCUT2D eigenvalue weighted by atomic mass is 35.6. The van der Waals surface area contributed by atoms with Crippen molar-refractivity contribution in [2.24, 2.45) is 0 Å². The first-order valence-corrected chi connectivity index (χ1v) is 7.55. The Morgan fingerprint density at radius 1 is 1.11 bits per heavy atom. The zero-order valence-electron chi connectivity index (χ0n) is 10.7. The van der Waals surface area contributed by atoms with Crippen molar-refractivity contribution in [1.29, 1.82) is 0 Å². The van der Waals surface area contributed by atoms with Crippen LogP contribution in [0.3, 0.4) is 0 Å². The van der Waals surface area contributed by atoms with Gasteiger partial charge in [-0.1, -0.05) is 80.3 Å². The van der Waals surface area contributed by atoms with Crippen LogP contribution in [0.25, 0.3) is 0 Å². The number of alkyl halides is 3. The van der Waals surface area contributed by atoms with Crippen molar-refractivity contribution in [2.45, 2.75) is 68.3 Å². The quantitative estimate of drug-likeness (QED) is 0.384. The van der Waals surface area contributed by atoms with Gasteiger partial charge in [-0.05, 0) is 6.42 Å². The van der Waals surface area contributed by atoms with Gasteiger partial charge in [0, 0.05) is 6.42 Å². The molecule has 0 bridgehead atoms. The van der Waals surface area contributed by atoms with Crippen molar-refractivity contribution in [3.8, 4) is 0 Å². The maximum Gasteiger partial charge on any atom is 0.234 e. The second kappa shape index (κ2) is 10.1. The molecule has 0 heterocycles. The van der Waals surface area contributed by atoms with E-state index in [1.165, 1.54) is 25.7 Å². The summed E-state index contributed by atoms with van der Waals surface area (Å²) in [7, 11) is 0. The lowest BCUT2D eigenvalue weighted by Gasteiger charge is -2.19. The highest BCUT2D eigenvalue weighted by molar-refractivity contribution is 6.68. The van der Waals surface area contributed by atoms with Gasteiger partial charge < -0.3 is 10.4 Å². The van der Waals surface area contributed by atoms with Gasteiger partial charge in [-0.2, -0.15) is 0 Å². The molecule has 6 heteroatoms. The molecular weight excluding hydrogens is 296 g/mol. The lowest BCUT2D eigenvalue weighted by Crippen LogP contribution is -2.43. The van der Waals surface area contributed by atoms with Gasteiger partial charge in [0.25, 0.3) is 0 Å². The lowest BCUT2D eigenvalue weighted by molar-refractivity contribution is -0.124. The third kappa shape index (κ3) is 10.2. The second-order valence-electron chi connectivity index (χ2n) is 4.38. The number of hydrogen-bond acceptors (Lipinski definition) is 2. The summed E-state index contributed by atoms with van der Waals surface area (Å²) in [6, 6.07) is 0. The Morgan fingerprint density at radius 2 is 1.61 bits per heavy atom. The first kappa shape index (κ1) is 18.3. The molecule has 0 radical (unpaired) electrons. The molecule has 1 unspecified atom stereocenters. The van der Waals surface area contributed by atoms with Gasteiger partial charge in [0.05, 0.1) is 0 Å². The first-order valence-electron chi connectivity index (χ1n) is 6.42. The zero-order chi connectivity index (χ0) is 14.0. The van der Waals surface area contributed by atoms with E-state index in [0.29, 0.717) is 6.42 Å². The first-order chi connectivity index (χ1) is 8.38. The Labute approximate surface area is 124 Å². The van der Waals surface area contributed by atoms with Crippen LogP contribution in [0.15, 0.2) is 0 Å². The molecule has 0 aromatic carbocycles. The van der Waals surface area contributed by atoms with Gasteiger partial charge in [-0.3, -0.25) is 4.79 Å². The average Bonchev–Trinajstić information content (AvgIpc) is 2.26. The van der Waals surface area contributed by atoms with Crippen LogP contribution < -0.4 is 5.32 Å². The van der Waals surface area contributed by atoms with Crippen LogP contribution in [-0.2, 0) is 4.79 Å². The number of unbranched alkanes of at least 4 members (excludes halogenated alkanes) is 6. The minimum absolute atomic E-state index is 0.289. The van der Waals surface area contributed by atoms with Gasteiger partial charge in [-0.25, -0.2) is 0 Å². The number of rotatable bonds is 9. The fourth-order valence-electron chi connectivity index (χ4n) is 1.55. The summed E-state index contributed by atoms with van der Waals surface area (Å²) in [6.07, 6.45) is 6.82. The third-order valence-corrected chi connectivity index (χ3v) is 3.24. The van der Waals surface area contributed by atoms with E-state index in [4.69, 9.17) is 34.8 Å². The van der Waals surface area contributed by atoms with Crippen molar-refractivity contribution in [3.05, 3.63) is 0 Å². The van der Waals surface area contributed by atoms with E-state index in [2.05, 4.69) is 12.2 Å².